The van der Waals surface area contributed by atoms with Gasteiger partial charge in [0.05, 0.1) is 0 Å². The number of halogens is 2. The van der Waals surface area contributed by atoms with Crippen molar-refractivity contribution in [3.8, 4) is 0 Å². The molecule has 0 radical (unpaired) electrons. The van der Waals surface area contributed by atoms with Gasteiger partial charge in [0, 0.05) is 18.2 Å². The van der Waals surface area contributed by atoms with E-state index >= 15 is 0 Å². The van der Waals surface area contributed by atoms with Gasteiger partial charge in [0.1, 0.15) is 5.82 Å². The van der Waals surface area contributed by atoms with Crippen LogP contribution in [-0.4, -0.2) is 36.5 Å². The Hall–Kier alpha value is -1.13. The minimum Gasteiger partial charge on any atom is -0.336 e. The Morgan fingerprint density at radius 3 is 2.65 bits per heavy atom. The summed E-state index contributed by atoms with van der Waals surface area (Å²) in [6, 6.07) is 5.20. The van der Waals surface area contributed by atoms with Crippen LogP contribution in [0.25, 0.3) is 0 Å². The number of nitrogens with zero attached hydrogens (tertiary/aromatic N) is 1. The van der Waals surface area contributed by atoms with Crippen LogP contribution in [0.3, 0.4) is 0 Å². The van der Waals surface area contributed by atoms with E-state index in [-0.39, 0.29) is 36.1 Å². The van der Waals surface area contributed by atoms with Crippen molar-refractivity contribution in [1.29, 1.82) is 0 Å². The van der Waals surface area contributed by atoms with Gasteiger partial charge in [-0.15, -0.1) is 12.4 Å². The second-order valence-electron chi connectivity index (χ2n) is 6.60. The summed E-state index contributed by atoms with van der Waals surface area (Å²) in [6.45, 7) is 4.77. The van der Waals surface area contributed by atoms with Crippen LogP contribution in [0.5, 0.6) is 0 Å². The third kappa shape index (κ3) is 4.04. The highest BCUT2D eigenvalue weighted by Crippen LogP contribution is 2.29. The second-order valence-corrected chi connectivity index (χ2v) is 6.60. The highest BCUT2D eigenvalue weighted by Gasteiger charge is 2.26. The number of hydrogen-bond acceptors (Lipinski definition) is 2. The van der Waals surface area contributed by atoms with Gasteiger partial charge in [-0.25, -0.2) is 4.39 Å². The molecule has 1 aromatic carbocycles. The Labute approximate surface area is 144 Å². The Bertz CT molecular complexity index is 546. The number of piperidine rings is 2. The number of likely N-dealkylation sites (tertiary alicyclic amines) is 1. The van der Waals surface area contributed by atoms with Crippen molar-refractivity contribution in [3.63, 3.8) is 0 Å². The molecule has 1 aromatic rings. The van der Waals surface area contributed by atoms with Gasteiger partial charge in [0.25, 0.3) is 5.91 Å². The van der Waals surface area contributed by atoms with Crippen molar-refractivity contribution in [3.05, 3.63) is 35.1 Å². The molecule has 1 atom stereocenters. The van der Waals surface area contributed by atoms with Crippen LogP contribution in [-0.2, 0) is 0 Å². The SMILES string of the molecule is CC1CCCCN1C(=O)c1ccc(F)c(C2CCNCC2)c1.Cl. The maximum Gasteiger partial charge on any atom is 0.254 e. The lowest BCUT2D eigenvalue weighted by atomic mass is 9.88. The molecule has 2 saturated heterocycles. The maximum absolute atomic E-state index is 14.2. The third-order valence-corrected chi connectivity index (χ3v) is 5.09. The van der Waals surface area contributed by atoms with Crippen LogP contribution in [0.4, 0.5) is 4.39 Å². The lowest BCUT2D eigenvalue weighted by Gasteiger charge is -2.33. The summed E-state index contributed by atoms with van der Waals surface area (Å²) in [5, 5.41) is 3.30. The van der Waals surface area contributed by atoms with E-state index in [4.69, 9.17) is 0 Å². The molecule has 3 rings (SSSR count). The Kier molecular flexibility index (Phi) is 6.42. The first-order valence-corrected chi connectivity index (χ1v) is 8.48. The molecular weight excluding hydrogens is 315 g/mol. The van der Waals surface area contributed by atoms with E-state index in [9.17, 15) is 9.18 Å². The van der Waals surface area contributed by atoms with Gasteiger partial charge in [-0.1, -0.05) is 0 Å². The van der Waals surface area contributed by atoms with E-state index in [0.29, 0.717) is 5.56 Å². The molecule has 0 aliphatic carbocycles. The van der Waals surface area contributed by atoms with E-state index in [1.165, 1.54) is 12.5 Å². The zero-order chi connectivity index (χ0) is 15.5. The van der Waals surface area contributed by atoms with Crippen molar-refractivity contribution in [2.24, 2.45) is 0 Å². The summed E-state index contributed by atoms with van der Waals surface area (Å²) in [5.41, 5.74) is 1.36. The molecular formula is C18H26ClFN2O. The number of carbonyl (C=O) groups excluding carboxylic acids is 1. The number of nitrogens with one attached hydrogen (secondary N) is 1. The molecule has 2 aliphatic heterocycles. The van der Waals surface area contributed by atoms with Gasteiger partial charge in [0.15, 0.2) is 0 Å². The van der Waals surface area contributed by atoms with E-state index in [2.05, 4.69) is 12.2 Å². The Balaban J connectivity index is 0.00000192. The van der Waals surface area contributed by atoms with Crippen LogP contribution in [0, 0.1) is 5.82 Å². The fourth-order valence-electron chi connectivity index (χ4n) is 3.69. The molecule has 5 heteroatoms. The standard InChI is InChI=1S/C18H25FN2O.ClH/c1-13-4-2-3-11-21(13)18(22)15-5-6-17(19)16(12-15)14-7-9-20-10-8-14;/h5-6,12-14,20H,2-4,7-11H2,1H3;1H. The van der Waals surface area contributed by atoms with Gasteiger partial charge >= 0.3 is 0 Å². The van der Waals surface area contributed by atoms with E-state index in [0.717, 1.165) is 50.9 Å². The second kappa shape index (κ2) is 8.11. The first-order valence-electron chi connectivity index (χ1n) is 8.48. The molecule has 1 amide bonds. The minimum absolute atomic E-state index is 0. The minimum atomic E-state index is -0.171. The molecule has 1 N–H and O–H groups in total. The van der Waals surface area contributed by atoms with Crippen molar-refractivity contribution in [2.45, 2.75) is 51.0 Å². The molecule has 2 aliphatic rings. The van der Waals surface area contributed by atoms with Gasteiger partial charge in [-0.3, -0.25) is 4.79 Å². The highest BCUT2D eigenvalue weighted by atomic mass is 35.5. The molecule has 1 unspecified atom stereocenters. The Morgan fingerprint density at radius 2 is 1.96 bits per heavy atom. The van der Waals surface area contributed by atoms with Crippen LogP contribution >= 0.6 is 12.4 Å². The zero-order valence-electron chi connectivity index (χ0n) is 13.7. The zero-order valence-corrected chi connectivity index (χ0v) is 14.5. The maximum atomic E-state index is 14.2. The fraction of sp³-hybridized carbons (Fsp3) is 0.611. The van der Waals surface area contributed by atoms with Crippen molar-refractivity contribution < 1.29 is 9.18 Å². The largest absolute Gasteiger partial charge is 0.336 e. The predicted molar refractivity (Wildman–Crippen MR) is 92.8 cm³/mol. The quantitative estimate of drug-likeness (QED) is 0.889. The average Bonchev–Trinajstić information content (AvgIpc) is 2.56. The fourth-order valence-corrected chi connectivity index (χ4v) is 3.69. The number of hydrogen-bond donors (Lipinski definition) is 1. The highest BCUT2D eigenvalue weighted by molar-refractivity contribution is 5.94. The van der Waals surface area contributed by atoms with Crippen molar-refractivity contribution in [1.82, 2.24) is 10.2 Å². The van der Waals surface area contributed by atoms with Crippen molar-refractivity contribution >= 4 is 18.3 Å². The number of rotatable bonds is 2. The number of carbonyl (C=O) groups is 1. The van der Waals surface area contributed by atoms with Crippen LogP contribution in [0.2, 0.25) is 0 Å². The summed E-state index contributed by atoms with van der Waals surface area (Å²) in [4.78, 5) is 14.7. The summed E-state index contributed by atoms with van der Waals surface area (Å²) in [6.07, 6.45) is 5.20. The molecule has 2 fully saturated rings. The molecule has 128 valence electrons. The lowest BCUT2D eigenvalue weighted by molar-refractivity contribution is 0.0635. The molecule has 0 bridgehead atoms. The van der Waals surface area contributed by atoms with Gasteiger partial charge in [-0.05, 0) is 81.8 Å². The summed E-state index contributed by atoms with van der Waals surface area (Å²) < 4.78 is 14.2. The molecule has 23 heavy (non-hydrogen) atoms. The number of amides is 1. The van der Waals surface area contributed by atoms with E-state index in [1.54, 1.807) is 12.1 Å². The molecule has 0 saturated carbocycles. The average molecular weight is 341 g/mol. The molecule has 2 heterocycles. The first-order chi connectivity index (χ1) is 10.7. The summed E-state index contributed by atoms with van der Waals surface area (Å²) in [7, 11) is 0. The Morgan fingerprint density at radius 1 is 1.22 bits per heavy atom. The summed E-state index contributed by atoms with van der Waals surface area (Å²) in [5.74, 6) is 0.116. The topological polar surface area (TPSA) is 32.3 Å². The monoisotopic (exact) mass is 340 g/mol. The van der Waals surface area contributed by atoms with Gasteiger partial charge < -0.3 is 10.2 Å². The molecule has 0 aromatic heterocycles. The van der Waals surface area contributed by atoms with Crippen LogP contribution < -0.4 is 5.32 Å². The van der Waals surface area contributed by atoms with E-state index < -0.39 is 0 Å². The lowest BCUT2D eigenvalue weighted by Crippen LogP contribution is -2.42. The van der Waals surface area contributed by atoms with Crippen LogP contribution in [0.1, 0.15) is 60.9 Å². The predicted octanol–water partition coefficient (Wildman–Crippen LogP) is 3.73. The van der Waals surface area contributed by atoms with Gasteiger partial charge in [-0.2, -0.15) is 0 Å². The molecule has 3 nitrogen and oxygen atoms in total. The number of benzene rings is 1. The first kappa shape index (κ1) is 18.2. The third-order valence-electron chi connectivity index (χ3n) is 5.09. The van der Waals surface area contributed by atoms with Crippen molar-refractivity contribution in [2.75, 3.05) is 19.6 Å². The van der Waals surface area contributed by atoms with Gasteiger partial charge in [0.2, 0.25) is 0 Å². The molecule has 0 spiro atoms. The smallest absolute Gasteiger partial charge is 0.254 e. The van der Waals surface area contributed by atoms with E-state index in [1.807, 2.05) is 4.90 Å². The van der Waals surface area contributed by atoms with Crippen LogP contribution in [0.15, 0.2) is 18.2 Å². The summed E-state index contributed by atoms with van der Waals surface area (Å²) >= 11 is 0. The normalized spacial score (nSPS) is 22.5.